The zero-order valence-corrected chi connectivity index (χ0v) is 9.57. The molecule has 2 heterocycles. The molecule has 6 heteroatoms. The van der Waals surface area contributed by atoms with Crippen molar-refractivity contribution in [1.82, 2.24) is 19.7 Å². The molecule has 0 saturated carbocycles. The second kappa shape index (κ2) is 4.73. The van der Waals surface area contributed by atoms with E-state index in [0.29, 0.717) is 0 Å². The summed E-state index contributed by atoms with van der Waals surface area (Å²) in [6, 6.07) is -0.453. The average Bonchev–Trinajstić information content (AvgIpc) is 2.87. The van der Waals surface area contributed by atoms with Gasteiger partial charge in [-0.1, -0.05) is 0 Å². The molecule has 0 fully saturated rings. The zero-order valence-electron chi connectivity index (χ0n) is 9.57. The second-order valence-corrected chi connectivity index (χ2v) is 3.50. The highest BCUT2D eigenvalue weighted by Gasteiger charge is 2.16. The molecular weight excluding hydrogens is 220 g/mol. The predicted octanol–water partition coefficient (Wildman–Crippen LogP) is 1.07. The summed E-state index contributed by atoms with van der Waals surface area (Å²) < 4.78 is 6.19. The number of hydrogen-bond donors (Lipinski definition) is 0. The number of aromatic nitrogens is 4. The third-order valence-electron chi connectivity index (χ3n) is 2.40. The molecule has 17 heavy (non-hydrogen) atoms. The van der Waals surface area contributed by atoms with E-state index in [9.17, 15) is 4.79 Å². The van der Waals surface area contributed by atoms with Gasteiger partial charge in [0.2, 0.25) is 0 Å². The molecule has 0 aromatic carbocycles. The summed E-state index contributed by atoms with van der Waals surface area (Å²) in [7, 11) is 1.35. The highest BCUT2D eigenvalue weighted by molar-refractivity contribution is 5.73. The highest BCUT2D eigenvalue weighted by atomic mass is 16.5. The summed E-state index contributed by atoms with van der Waals surface area (Å²) in [5.74, 6) is -0.334. The van der Waals surface area contributed by atoms with E-state index in [1.165, 1.54) is 11.8 Å². The fraction of sp³-hybridized carbons (Fsp3) is 0.273. The number of carbonyl (C=O) groups excluding carboxylic acids is 1. The van der Waals surface area contributed by atoms with Crippen LogP contribution in [-0.2, 0) is 9.53 Å². The average molecular weight is 232 g/mol. The van der Waals surface area contributed by atoms with E-state index in [1.54, 1.807) is 37.9 Å². The van der Waals surface area contributed by atoms with Gasteiger partial charge in [0.25, 0.3) is 0 Å². The Bertz CT molecular complexity index is 509. The molecule has 2 aromatic heterocycles. The van der Waals surface area contributed by atoms with Gasteiger partial charge in [-0.3, -0.25) is 14.6 Å². The van der Waals surface area contributed by atoms with Crippen molar-refractivity contribution >= 4 is 5.97 Å². The van der Waals surface area contributed by atoms with Crippen molar-refractivity contribution in [1.29, 1.82) is 0 Å². The fourth-order valence-corrected chi connectivity index (χ4v) is 1.41. The molecule has 0 saturated heterocycles. The molecule has 0 spiro atoms. The van der Waals surface area contributed by atoms with Gasteiger partial charge in [-0.05, 0) is 6.92 Å². The van der Waals surface area contributed by atoms with Crippen LogP contribution in [0.15, 0.2) is 31.0 Å². The van der Waals surface area contributed by atoms with E-state index in [1.807, 2.05) is 0 Å². The van der Waals surface area contributed by atoms with Crippen LogP contribution < -0.4 is 0 Å². The Morgan fingerprint density at radius 1 is 1.41 bits per heavy atom. The number of ether oxygens (including phenoxy) is 1. The Kier molecular flexibility index (Phi) is 3.13. The molecule has 2 aromatic rings. The SMILES string of the molecule is COC(=O)[C@H](C)n1cc(-c2cnccn2)cn1. The number of rotatable bonds is 3. The van der Waals surface area contributed by atoms with Crippen molar-refractivity contribution < 1.29 is 9.53 Å². The number of esters is 1. The van der Waals surface area contributed by atoms with Gasteiger partial charge in [0.05, 0.1) is 25.2 Å². The molecule has 1 atom stereocenters. The lowest BCUT2D eigenvalue weighted by molar-refractivity contribution is -0.144. The third-order valence-corrected chi connectivity index (χ3v) is 2.40. The van der Waals surface area contributed by atoms with E-state index in [-0.39, 0.29) is 5.97 Å². The van der Waals surface area contributed by atoms with E-state index in [4.69, 9.17) is 0 Å². The van der Waals surface area contributed by atoms with Gasteiger partial charge in [-0.25, -0.2) is 4.79 Å². The summed E-state index contributed by atoms with van der Waals surface area (Å²) in [5, 5.41) is 4.11. The molecule has 0 aliphatic carbocycles. The first kappa shape index (κ1) is 11.3. The summed E-state index contributed by atoms with van der Waals surface area (Å²) in [5.41, 5.74) is 1.53. The van der Waals surface area contributed by atoms with Crippen LogP contribution >= 0.6 is 0 Å². The Morgan fingerprint density at radius 2 is 2.24 bits per heavy atom. The smallest absolute Gasteiger partial charge is 0.330 e. The Hall–Kier alpha value is -2.24. The van der Waals surface area contributed by atoms with Crippen LogP contribution in [0.3, 0.4) is 0 Å². The number of nitrogens with zero attached hydrogens (tertiary/aromatic N) is 4. The van der Waals surface area contributed by atoms with Crippen LogP contribution in [0.2, 0.25) is 0 Å². The molecule has 0 aliphatic heterocycles. The van der Waals surface area contributed by atoms with Crippen LogP contribution in [0, 0.1) is 0 Å². The first-order chi connectivity index (χ1) is 8.22. The quantitative estimate of drug-likeness (QED) is 0.740. The van der Waals surface area contributed by atoms with Gasteiger partial charge < -0.3 is 4.74 Å². The monoisotopic (exact) mass is 232 g/mol. The van der Waals surface area contributed by atoms with Crippen molar-refractivity contribution in [3.63, 3.8) is 0 Å². The number of carbonyl (C=O) groups is 1. The van der Waals surface area contributed by atoms with Crippen molar-refractivity contribution in [3.05, 3.63) is 31.0 Å². The van der Waals surface area contributed by atoms with Crippen LogP contribution in [0.1, 0.15) is 13.0 Å². The summed E-state index contributed by atoms with van der Waals surface area (Å²) in [6.45, 7) is 1.72. The predicted molar refractivity (Wildman–Crippen MR) is 60.0 cm³/mol. The summed E-state index contributed by atoms with van der Waals surface area (Å²) in [6.07, 6.45) is 8.24. The molecular formula is C11H12N4O2. The lowest BCUT2D eigenvalue weighted by Gasteiger charge is -2.08. The van der Waals surface area contributed by atoms with Crippen LogP contribution in [0.5, 0.6) is 0 Å². The fourth-order valence-electron chi connectivity index (χ4n) is 1.41. The molecule has 6 nitrogen and oxygen atoms in total. The van der Waals surface area contributed by atoms with Crippen molar-refractivity contribution in [2.75, 3.05) is 7.11 Å². The first-order valence-electron chi connectivity index (χ1n) is 5.10. The van der Waals surface area contributed by atoms with Crippen LogP contribution in [-0.4, -0.2) is 32.8 Å². The molecule has 0 N–H and O–H groups in total. The molecule has 0 aliphatic rings. The summed E-state index contributed by atoms with van der Waals surface area (Å²) >= 11 is 0. The zero-order chi connectivity index (χ0) is 12.3. The minimum absolute atomic E-state index is 0.334. The molecule has 0 unspecified atom stereocenters. The maximum atomic E-state index is 11.3. The van der Waals surface area contributed by atoms with Crippen molar-refractivity contribution in [2.24, 2.45) is 0 Å². The molecule has 0 bridgehead atoms. The van der Waals surface area contributed by atoms with Gasteiger partial charge in [-0.2, -0.15) is 5.10 Å². The Labute approximate surface area is 98.3 Å². The maximum absolute atomic E-state index is 11.3. The minimum Gasteiger partial charge on any atom is -0.467 e. The van der Waals surface area contributed by atoms with Gasteiger partial charge in [0, 0.05) is 24.2 Å². The standard InChI is InChI=1S/C11H12N4O2/c1-8(11(16)17-2)15-7-9(5-14-15)10-6-12-3-4-13-10/h3-8H,1-2H3/t8-/m0/s1. The first-order valence-corrected chi connectivity index (χ1v) is 5.10. The minimum atomic E-state index is -0.453. The van der Waals surface area contributed by atoms with Gasteiger partial charge >= 0.3 is 5.97 Å². The maximum Gasteiger partial charge on any atom is 0.330 e. The lowest BCUT2D eigenvalue weighted by Crippen LogP contribution is -2.17. The van der Waals surface area contributed by atoms with Crippen LogP contribution in [0.25, 0.3) is 11.3 Å². The number of methoxy groups -OCH3 is 1. The van der Waals surface area contributed by atoms with E-state index in [0.717, 1.165) is 11.3 Å². The van der Waals surface area contributed by atoms with Crippen LogP contribution in [0.4, 0.5) is 0 Å². The Balaban J connectivity index is 2.25. The van der Waals surface area contributed by atoms with E-state index < -0.39 is 6.04 Å². The molecule has 2 rings (SSSR count). The molecule has 0 radical (unpaired) electrons. The van der Waals surface area contributed by atoms with Gasteiger partial charge in [-0.15, -0.1) is 0 Å². The van der Waals surface area contributed by atoms with Crippen molar-refractivity contribution in [3.8, 4) is 11.3 Å². The molecule has 0 amide bonds. The molecule has 88 valence electrons. The number of hydrogen-bond acceptors (Lipinski definition) is 5. The van der Waals surface area contributed by atoms with E-state index in [2.05, 4.69) is 19.8 Å². The topological polar surface area (TPSA) is 69.9 Å². The Morgan fingerprint density at radius 3 is 2.88 bits per heavy atom. The normalized spacial score (nSPS) is 12.1. The highest BCUT2D eigenvalue weighted by Crippen LogP contribution is 2.16. The lowest BCUT2D eigenvalue weighted by atomic mass is 10.3. The van der Waals surface area contributed by atoms with Crippen molar-refractivity contribution in [2.45, 2.75) is 13.0 Å². The summed E-state index contributed by atoms with van der Waals surface area (Å²) in [4.78, 5) is 19.5. The van der Waals surface area contributed by atoms with Gasteiger partial charge in [0.15, 0.2) is 0 Å². The largest absolute Gasteiger partial charge is 0.467 e. The van der Waals surface area contributed by atoms with Gasteiger partial charge in [0.1, 0.15) is 6.04 Å². The second-order valence-electron chi connectivity index (χ2n) is 3.50. The third kappa shape index (κ3) is 2.30. The van der Waals surface area contributed by atoms with E-state index >= 15 is 0 Å².